The molecule has 0 saturated carbocycles. The quantitative estimate of drug-likeness (QED) is 0.698. The second-order valence-electron chi connectivity index (χ2n) is 6.88. The van der Waals surface area contributed by atoms with Gasteiger partial charge < -0.3 is 9.47 Å². The lowest BCUT2D eigenvalue weighted by Crippen LogP contribution is -2.35. The number of rotatable bonds is 7. The van der Waals surface area contributed by atoms with Crippen LogP contribution < -0.4 is 5.19 Å². The molecule has 1 atom stereocenters. The highest BCUT2D eigenvalue weighted by Gasteiger charge is 2.37. The molecule has 1 unspecified atom stereocenters. The van der Waals surface area contributed by atoms with E-state index >= 15 is 0 Å². The zero-order valence-electron chi connectivity index (χ0n) is 14.6. The van der Waals surface area contributed by atoms with Gasteiger partial charge in [0.05, 0.1) is 22.9 Å². The maximum atomic E-state index is 5.83. The number of benzene rings is 1. The maximum absolute atomic E-state index is 5.83. The van der Waals surface area contributed by atoms with E-state index in [4.69, 9.17) is 9.47 Å². The molecule has 1 saturated heterocycles. The summed E-state index contributed by atoms with van der Waals surface area (Å²) in [5, 5.41) is 1.57. The molecule has 1 aliphatic heterocycles. The monoisotopic (exact) mass is 319 g/mol. The van der Waals surface area contributed by atoms with Gasteiger partial charge in [0.2, 0.25) is 0 Å². The Bertz CT molecular complexity index is 414. The Balaban J connectivity index is 1.83. The molecule has 0 aliphatic carbocycles. The number of ether oxygens (including phenoxy) is 2. The summed E-state index contributed by atoms with van der Waals surface area (Å²) in [6, 6.07) is 9.27. The third-order valence-corrected chi connectivity index (χ3v) is 7.85. The van der Waals surface area contributed by atoms with Gasteiger partial charge in [-0.05, 0) is 71.1 Å². The van der Waals surface area contributed by atoms with Crippen molar-refractivity contribution in [3.63, 3.8) is 0 Å². The Labute approximate surface area is 137 Å². The van der Waals surface area contributed by atoms with Crippen LogP contribution in [0.15, 0.2) is 24.3 Å². The van der Waals surface area contributed by atoms with E-state index in [0.29, 0.717) is 0 Å². The molecule has 2 nitrogen and oxygen atoms in total. The van der Waals surface area contributed by atoms with E-state index in [2.05, 4.69) is 52.0 Å². The lowest BCUT2D eigenvalue weighted by molar-refractivity contribution is -0.161. The number of hydrogen-bond acceptors (Lipinski definition) is 2. The van der Waals surface area contributed by atoms with Crippen LogP contribution in [0.25, 0.3) is 0 Å². The van der Waals surface area contributed by atoms with Crippen LogP contribution in [0.3, 0.4) is 0 Å². The predicted octanol–water partition coefficient (Wildman–Crippen LogP) is 4.29. The number of hydrogen-bond donors (Lipinski definition) is 0. The van der Waals surface area contributed by atoms with Gasteiger partial charge >= 0.3 is 8.80 Å². The zero-order chi connectivity index (χ0) is 15.9. The largest absolute Gasteiger partial charge is 0.357 e. The fraction of sp³-hybridized carbons (Fsp3) is 0.684. The normalized spacial score (nSPS) is 18.9. The van der Waals surface area contributed by atoms with E-state index in [1.165, 1.54) is 18.4 Å². The summed E-state index contributed by atoms with van der Waals surface area (Å²) in [6.45, 7) is 11.1. The highest BCUT2D eigenvalue weighted by molar-refractivity contribution is 6.75. The summed E-state index contributed by atoms with van der Waals surface area (Å²) >= 11 is 0. The molecule has 2 rings (SSSR count). The van der Waals surface area contributed by atoms with Crippen LogP contribution in [-0.4, -0.2) is 28.3 Å². The topological polar surface area (TPSA) is 18.5 Å². The third-order valence-electron chi connectivity index (χ3n) is 4.36. The van der Waals surface area contributed by atoms with E-state index in [0.717, 1.165) is 37.1 Å². The van der Waals surface area contributed by atoms with E-state index in [1.54, 1.807) is 5.19 Å². The van der Waals surface area contributed by atoms with E-state index in [-0.39, 0.29) is 6.29 Å². The van der Waals surface area contributed by atoms with E-state index in [1.807, 2.05) is 0 Å². The molecule has 1 heterocycles. The second kappa shape index (κ2) is 8.85. The summed E-state index contributed by atoms with van der Waals surface area (Å²) < 4.78 is 11.4. The van der Waals surface area contributed by atoms with Crippen molar-refractivity contribution < 1.29 is 9.47 Å². The zero-order valence-corrected chi connectivity index (χ0v) is 15.6. The first-order valence-corrected chi connectivity index (χ1v) is 10.4. The van der Waals surface area contributed by atoms with Crippen molar-refractivity contribution in [2.45, 2.75) is 70.8 Å². The molecule has 1 fully saturated rings. The lowest BCUT2D eigenvalue weighted by Gasteiger charge is -2.22. The van der Waals surface area contributed by atoms with Crippen molar-refractivity contribution in [3.05, 3.63) is 29.8 Å². The molecule has 0 radical (unpaired) electrons. The van der Waals surface area contributed by atoms with Crippen molar-refractivity contribution in [2.75, 3.05) is 13.2 Å². The smallest absolute Gasteiger partial charge is 0.353 e. The maximum Gasteiger partial charge on any atom is 0.357 e. The van der Waals surface area contributed by atoms with Gasteiger partial charge in [0.1, 0.15) is 0 Å². The highest BCUT2D eigenvalue weighted by atomic mass is 28.3. The summed E-state index contributed by atoms with van der Waals surface area (Å²) in [5.74, 6) is 0. The van der Waals surface area contributed by atoms with Crippen LogP contribution in [0.5, 0.6) is 0 Å². The average molecular weight is 320 g/mol. The van der Waals surface area contributed by atoms with Crippen molar-refractivity contribution in [2.24, 2.45) is 0 Å². The summed E-state index contributed by atoms with van der Waals surface area (Å²) in [7, 11) is -0.461. The van der Waals surface area contributed by atoms with Crippen LogP contribution in [0, 0.1) is 0 Å². The Morgan fingerprint density at radius 3 is 2.32 bits per heavy atom. The van der Waals surface area contributed by atoms with Gasteiger partial charge in [0.15, 0.2) is 6.29 Å². The molecule has 0 spiro atoms. The molecule has 1 aromatic carbocycles. The molecule has 0 aromatic heterocycles. The summed E-state index contributed by atoms with van der Waals surface area (Å²) in [6.07, 6.45) is 4.47. The predicted molar refractivity (Wildman–Crippen MR) is 95.3 cm³/mol. The first kappa shape index (κ1) is 17.7. The molecule has 0 bridgehead atoms. The van der Waals surface area contributed by atoms with Crippen molar-refractivity contribution in [1.29, 1.82) is 0 Å². The second-order valence-corrected chi connectivity index (χ2v) is 10.7. The molecule has 1 aliphatic rings. The first-order valence-electron chi connectivity index (χ1n) is 8.77. The van der Waals surface area contributed by atoms with E-state index < -0.39 is 8.80 Å². The van der Waals surface area contributed by atoms with Crippen LogP contribution in [0.1, 0.15) is 52.5 Å². The minimum absolute atomic E-state index is 0.0321. The minimum Gasteiger partial charge on any atom is -0.353 e. The van der Waals surface area contributed by atoms with Gasteiger partial charge in [-0.25, -0.2) is 0 Å². The van der Waals surface area contributed by atoms with Crippen molar-refractivity contribution >= 4 is 14.0 Å². The van der Waals surface area contributed by atoms with Gasteiger partial charge in [-0.1, -0.05) is 12.1 Å². The molecule has 22 heavy (non-hydrogen) atoms. The molecule has 3 heteroatoms. The van der Waals surface area contributed by atoms with Crippen LogP contribution in [0.4, 0.5) is 0 Å². The lowest BCUT2D eigenvalue weighted by atomic mass is 10.1. The van der Waals surface area contributed by atoms with Gasteiger partial charge in [0, 0.05) is 6.61 Å². The van der Waals surface area contributed by atoms with Gasteiger partial charge in [-0.2, -0.15) is 0 Å². The SMILES string of the molecule is CC(C)[Si+](c1ccc(CCOC2CCCCO2)cc1)C(C)C. The van der Waals surface area contributed by atoms with Crippen LogP contribution in [0.2, 0.25) is 11.1 Å². The van der Waals surface area contributed by atoms with E-state index in [9.17, 15) is 0 Å². The Kier molecular flexibility index (Phi) is 7.12. The van der Waals surface area contributed by atoms with Gasteiger partial charge in [-0.3, -0.25) is 0 Å². The molecular formula is C19H31O2Si+. The molecular weight excluding hydrogens is 288 g/mol. The molecule has 122 valence electrons. The summed E-state index contributed by atoms with van der Waals surface area (Å²) in [4.78, 5) is 0. The fourth-order valence-electron chi connectivity index (χ4n) is 3.35. The average Bonchev–Trinajstić information content (AvgIpc) is 2.49. The van der Waals surface area contributed by atoms with Gasteiger partial charge in [-0.15, -0.1) is 0 Å². The third kappa shape index (κ3) is 5.22. The fourth-order valence-corrected chi connectivity index (χ4v) is 6.57. The Morgan fingerprint density at radius 2 is 1.77 bits per heavy atom. The Hall–Kier alpha value is -0.643. The van der Waals surface area contributed by atoms with Crippen molar-refractivity contribution in [1.82, 2.24) is 0 Å². The Morgan fingerprint density at radius 1 is 1.09 bits per heavy atom. The van der Waals surface area contributed by atoms with Crippen LogP contribution >= 0.6 is 0 Å². The minimum atomic E-state index is -0.461. The van der Waals surface area contributed by atoms with Gasteiger partial charge in [0.25, 0.3) is 0 Å². The van der Waals surface area contributed by atoms with Crippen LogP contribution in [-0.2, 0) is 15.9 Å². The highest BCUT2D eigenvalue weighted by Crippen LogP contribution is 2.20. The molecule has 1 aromatic rings. The summed E-state index contributed by atoms with van der Waals surface area (Å²) in [5.41, 5.74) is 2.93. The molecule has 0 amide bonds. The standard InChI is InChI=1S/C19H31O2Si/c1-15(2)22(16(3)4)18-10-8-17(9-11-18)12-14-21-19-7-5-6-13-20-19/h8-11,15-16,19H,5-7,12-14H2,1-4H3/q+1. The molecule has 0 N–H and O–H groups in total. The van der Waals surface area contributed by atoms with Crippen molar-refractivity contribution in [3.8, 4) is 0 Å². The first-order chi connectivity index (χ1) is 10.6.